The zero-order chi connectivity index (χ0) is 4.41. The Morgan fingerprint density at radius 3 is 2.83 bits per heavy atom. The zero-order valence-electron chi connectivity index (χ0n) is 3.00. The van der Waals surface area contributed by atoms with Gasteiger partial charge in [-0.1, -0.05) is 0 Å². The second kappa shape index (κ2) is 1.01. The Morgan fingerprint density at radius 2 is 2.67 bits per heavy atom. The van der Waals surface area contributed by atoms with Gasteiger partial charge < -0.3 is 0 Å². The first kappa shape index (κ1) is 3.21. The predicted molar refractivity (Wildman–Crippen MR) is 22.0 cm³/mol. The van der Waals surface area contributed by atoms with Gasteiger partial charge in [0.25, 0.3) is 6.34 Å². The molecule has 0 saturated heterocycles. The Hall–Kier alpha value is -0.990. The Labute approximate surface area is 34.9 Å². The lowest BCUT2D eigenvalue weighted by Crippen LogP contribution is -2.24. The topological polar surface area (TPSA) is 54.0 Å². The second-order valence-corrected chi connectivity index (χ2v) is 0.838. The molecule has 1 aliphatic heterocycles. The van der Waals surface area contributed by atoms with E-state index in [1.54, 1.807) is 0 Å². The smallest absolute Gasteiger partial charge is 0.196 e. The molecule has 4 nitrogen and oxygen atoms in total. The van der Waals surface area contributed by atoms with Crippen molar-refractivity contribution in [2.45, 2.75) is 0 Å². The number of nitrogens with zero attached hydrogens (tertiary/aromatic N) is 3. The largest absolute Gasteiger partial charge is 0.363 e. The highest BCUT2D eigenvalue weighted by atomic mass is 15.5. The van der Waals surface area contributed by atoms with Crippen LogP contribution < -0.4 is 5.84 Å². The first-order valence-corrected chi connectivity index (χ1v) is 1.42. The monoisotopic (exact) mass is 83.0 g/mol. The minimum atomic E-state index is 1.15. The number of nitrogens with two attached hydrogens (primary N) is 1. The summed E-state index contributed by atoms with van der Waals surface area (Å²) in [6.45, 7) is 0. The van der Waals surface area contributed by atoms with E-state index in [0.29, 0.717) is 0 Å². The molecule has 0 amide bonds. The summed E-state index contributed by atoms with van der Waals surface area (Å²) < 4.78 is 0. The van der Waals surface area contributed by atoms with Gasteiger partial charge in [-0.15, -0.1) is 0 Å². The van der Waals surface area contributed by atoms with Crippen LogP contribution in [0.25, 0.3) is 0 Å². The Balaban J connectivity index is 2.60. The van der Waals surface area contributed by atoms with E-state index >= 15 is 0 Å². The van der Waals surface area contributed by atoms with Crippen LogP contribution in [0.2, 0.25) is 0 Å². The van der Waals surface area contributed by atoms with Crippen molar-refractivity contribution >= 4 is 12.7 Å². The molecule has 1 aliphatic rings. The van der Waals surface area contributed by atoms with E-state index in [4.69, 9.17) is 5.84 Å². The lowest BCUT2D eigenvalue weighted by Gasteiger charge is -1.75. The molecule has 2 N–H and O–H groups in total. The van der Waals surface area contributed by atoms with Crippen LogP contribution in [0.15, 0.2) is 10.2 Å². The molecule has 0 bridgehead atoms. The number of hydrogen-bond acceptors (Lipinski definition) is 4. The van der Waals surface area contributed by atoms with Crippen LogP contribution >= 0.6 is 0 Å². The maximum Gasteiger partial charge on any atom is 0.363 e. The van der Waals surface area contributed by atoms with Crippen molar-refractivity contribution in [3.8, 4) is 0 Å². The molecule has 0 aromatic rings. The predicted octanol–water partition coefficient (Wildman–Crippen LogP) is -0.976. The third kappa shape index (κ3) is 0.337. The summed E-state index contributed by atoms with van der Waals surface area (Å²) in [6, 6.07) is 0. The van der Waals surface area contributed by atoms with Gasteiger partial charge in [0, 0.05) is 0 Å². The van der Waals surface area contributed by atoms with E-state index in [9.17, 15) is 0 Å². The van der Waals surface area contributed by atoms with Crippen LogP contribution in [0, 0.1) is 0 Å². The summed E-state index contributed by atoms with van der Waals surface area (Å²) in [4.78, 5) is 0. The molecule has 30 valence electrons. The third-order valence-electron chi connectivity index (χ3n) is 0.394. The highest BCUT2D eigenvalue weighted by Gasteiger charge is 2.04. The van der Waals surface area contributed by atoms with Crippen LogP contribution in [0.1, 0.15) is 0 Å². The van der Waals surface area contributed by atoms with Crippen molar-refractivity contribution in [2.24, 2.45) is 16.0 Å². The third-order valence-corrected chi connectivity index (χ3v) is 0.394. The molecule has 0 saturated carbocycles. The van der Waals surface area contributed by atoms with E-state index in [2.05, 4.69) is 16.5 Å². The molecule has 0 radical (unpaired) electrons. The lowest BCUT2D eigenvalue weighted by molar-refractivity contribution is 0.709. The molecule has 0 fully saturated rings. The molecule has 1 heterocycles. The van der Waals surface area contributed by atoms with Gasteiger partial charge >= 0.3 is 6.34 Å². The highest BCUT2D eigenvalue weighted by molar-refractivity contribution is 5.77. The minimum absolute atomic E-state index is 1.15. The first-order valence-electron chi connectivity index (χ1n) is 1.42. The van der Waals surface area contributed by atoms with Gasteiger partial charge in [0.15, 0.2) is 0 Å². The van der Waals surface area contributed by atoms with E-state index in [0.717, 1.165) is 5.01 Å². The Bertz CT molecular complexity index is 81.7. The molecule has 0 spiro atoms. The minimum Gasteiger partial charge on any atom is -0.196 e. The average Bonchev–Trinajstić information content (AvgIpc) is 1.86. The van der Waals surface area contributed by atoms with Crippen molar-refractivity contribution < 1.29 is 0 Å². The van der Waals surface area contributed by atoms with E-state index < -0.39 is 0 Å². The van der Waals surface area contributed by atoms with E-state index in [-0.39, 0.29) is 0 Å². The molecule has 0 unspecified atom stereocenters. The zero-order valence-corrected chi connectivity index (χ0v) is 3.00. The van der Waals surface area contributed by atoms with Crippen molar-refractivity contribution in [2.75, 3.05) is 0 Å². The maximum atomic E-state index is 5.01. The molecule has 0 aliphatic carbocycles. The summed E-state index contributed by atoms with van der Waals surface area (Å²) in [5.74, 6) is 5.01. The van der Waals surface area contributed by atoms with Gasteiger partial charge in [-0.2, -0.15) is 5.84 Å². The van der Waals surface area contributed by atoms with Crippen LogP contribution in [0.5, 0.6) is 0 Å². The first-order chi connectivity index (χ1) is 2.89. The standard InChI is InChI=1S/C2H3N4/c3-6-1-4-5-2-6/h1H,3H2/q+1. The fourth-order valence-electron chi connectivity index (χ4n) is 0.185. The normalized spacial score (nSPS) is 15.8. The van der Waals surface area contributed by atoms with Gasteiger partial charge in [0.05, 0.1) is 5.10 Å². The molecule has 1 rings (SSSR count). The summed E-state index contributed by atoms with van der Waals surface area (Å²) in [7, 11) is 0. The van der Waals surface area contributed by atoms with Crippen molar-refractivity contribution in [1.29, 1.82) is 0 Å². The number of hydrazine groups is 1. The fraction of sp³-hybridized carbons (Fsp3) is 0. The molecule has 0 atom stereocenters. The van der Waals surface area contributed by atoms with Gasteiger partial charge in [-0.3, -0.25) is 0 Å². The van der Waals surface area contributed by atoms with Gasteiger partial charge in [0.2, 0.25) is 0 Å². The Morgan fingerprint density at radius 1 is 1.83 bits per heavy atom. The molecular weight excluding hydrogens is 80.0 g/mol. The van der Waals surface area contributed by atoms with Crippen LogP contribution in [0.3, 0.4) is 0 Å². The average molecular weight is 83.1 g/mol. The van der Waals surface area contributed by atoms with Crippen molar-refractivity contribution in [1.82, 2.24) is 5.01 Å². The van der Waals surface area contributed by atoms with E-state index in [1.165, 1.54) is 6.34 Å². The molecule has 0 aromatic heterocycles. The molecular formula is C2H3N4+. The van der Waals surface area contributed by atoms with Gasteiger partial charge in [0.1, 0.15) is 0 Å². The molecule has 6 heavy (non-hydrogen) atoms. The summed E-state index contributed by atoms with van der Waals surface area (Å²) >= 11 is 0. The summed E-state index contributed by atoms with van der Waals surface area (Å²) in [5, 5.41) is 7.79. The fourth-order valence-corrected chi connectivity index (χ4v) is 0.185. The Kier molecular flexibility index (Phi) is 0.538. The maximum absolute atomic E-state index is 5.01. The van der Waals surface area contributed by atoms with Crippen LogP contribution in [0.4, 0.5) is 0 Å². The highest BCUT2D eigenvalue weighted by Crippen LogP contribution is 1.76. The van der Waals surface area contributed by atoms with Crippen LogP contribution in [-0.2, 0) is 0 Å². The van der Waals surface area contributed by atoms with Crippen molar-refractivity contribution in [3.05, 3.63) is 0 Å². The number of rotatable bonds is 0. The lowest BCUT2D eigenvalue weighted by atomic mass is 11.1. The van der Waals surface area contributed by atoms with E-state index in [1.807, 2.05) is 0 Å². The van der Waals surface area contributed by atoms with Gasteiger partial charge in [-0.25, -0.2) is 0 Å². The summed E-state index contributed by atoms with van der Waals surface area (Å²) in [6.07, 6.45) is 3.69. The second-order valence-electron chi connectivity index (χ2n) is 0.838. The van der Waals surface area contributed by atoms with Gasteiger partial charge in [-0.05, 0) is 10.1 Å². The quantitative estimate of drug-likeness (QED) is 0.302. The van der Waals surface area contributed by atoms with Crippen LogP contribution in [-0.4, -0.2) is 17.7 Å². The SMILES string of the molecule is NN1[C+]=NN=C1. The van der Waals surface area contributed by atoms with Crippen molar-refractivity contribution in [3.63, 3.8) is 0 Å². The summed E-state index contributed by atoms with van der Waals surface area (Å²) in [5.41, 5.74) is 0. The number of hydrogen-bond donors (Lipinski definition) is 1. The molecule has 0 aromatic carbocycles. The molecule has 4 heteroatoms.